The molecule has 0 unspecified atom stereocenters. The Labute approximate surface area is 153 Å². The fraction of sp³-hybridized carbons (Fsp3) is 0.632. The molecule has 1 N–H and O–H groups in total. The monoisotopic (exact) mass is 361 g/mol. The van der Waals surface area contributed by atoms with Gasteiger partial charge in [0.25, 0.3) is 5.91 Å². The van der Waals surface area contributed by atoms with E-state index in [2.05, 4.69) is 4.98 Å². The largest absolute Gasteiger partial charge is 0.505 e. The molecule has 1 aromatic heterocycles. The van der Waals surface area contributed by atoms with Crippen LogP contribution < -0.4 is 0 Å². The van der Waals surface area contributed by atoms with E-state index in [0.717, 1.165) is 25.7 Å². The second kappa shape index (κ2) is 8.03. The first-order valence-corrected chi connectivity index (χ1v) is 9.25. The summed E-state index contributed by atoms with van der Waals surface area (Å²) in [4.78, 5) is 32.8. The van der Waals surface area contributed by atoms with Gasteiger partial charge in [0, 0.05) is 57.9 Å². The number of aromatic nitrogens is 1. The summed E-state index contributed by atoms with van der Waals surface area (Å²) in [5, 5.41) is 9.94. The maximum atomic E-state index is 12.8. The highest BCUT2D eigenvalue weighted by Crippen LogP contribution is 2.39. The lowest BCUT2D eigenvalue weighted by molar-refractivity contribution is -0.139. The van der Waals surface area contributed by atoms with Gasteiger partial charge in [-0.15, -0.1) is 0 Å². The number of pyridine rings is 1. The van der Waals surface area contributed by atoms with Crippen molar-refractivity contribution in [3.8, 4) is 5.75 Å². The summed E-state index contributed by atoms with van der Waals surface area (Å²) in [7, 11) is 1.66. The van der Waals surface area contributed by atoms with Crippen LogP contribution in [0.4, 0.5) is 0 Å². The molecular formula is C19H27N3O4. The number of methoxy groups -OCH3 is 1. The van der Waals surface area contributed by atoms with Gasteiger partial charge < -0.3 is 19.6 Å². The van der Waals surface area contributed by atoms with Crippen LogP contribution in [0, 0.1) is 5.41 Å². The van der Waals surface area contributed by atoms with Crippen molar-refractivity contribution in [3.63, 3.8) is 0 Å². The van der Waals surface area contributed by atoms with Crippen LogP contribution in [0.2, 0.25) is 0 Å². The van der Waals surface area contributed by atoms with E-state index >= 15 is 0 Å². The predicted molar refractivity (Wildman–Crippen MR) is 95.8 cm³/mol. The van der Waals surface area contributed by atoms with E-state index in [1.807, 2.05) is 4.90 Å². The maximum Gasteiger partial charge on any atom is 0.276 e. The molecule has 0 bridgehead atoms. The Hall–Kier alpha value is -2.15. The fourth-order valence-electron chi connectivity index (χ4n) is 4.13. The number of rotatable bonds is 5. The van der Waals surface area contributed by atoms with Crippen molar-refractivity contribution in [3.05, 3.63) is 24.0 Å². The molecule has 0 saturated carbocycles. The van der Waals surface area contributed by atoms with E-state index in [4.69, 9.17) is 4.74 Å². The van der Waals surface area contributed by atoms with Crippen LogP contribution in [0.25, 0.3) is 0 Å². The zero-order valence-corrected chi connectivity index (χ0v) is 15.3. The van der Waals surface area contributed by atoms with Crippen LogP contribution in [0.15, 0.2) is 18.3 Å². The van der Waals surface area contributed by atoms with Crippen LogP contribution in [0.3, 0.4) is 0 Å². The highest BCUT2D eigenvalue weighted by atomic mass is 16.5. The van der Waals surface area contributed by atoms with Crippen LogP contribution in [-0.4, -0.2) is 71.6 Å². The summed E-state index contributed by atoms with van der Waals surface area (Å²) in [6.45, 7) is 3.29. The van der Waals surface area contributed by atoms with Crippen molar-refractivity contribution in [2.45, 2.75) is 32.1 Å². The first-order valence-electron chi connectivity index (χ1n) is 9.25. The van der Waals surface area contributed by atoms with Crippen molar-refractivity contribution in [1.29, 1.82) is 0 Å². The fourth-order valence-corrected chi connectivity index (χ4v) is 4.13. The molecule has 2 amide bonds. The normalized spacial score (nSPS) is 23.5. The zero-order chi connectivity index (χ0) is 18.6. The minimum absolute atomic E-state index is 0.0563. The molecule has 7 heteroatoms. The SMILES string of the molecule is COCCCN1C[C@]2(CCCN(C(=O)c3ncccc3O)C2)CCC1=O. The maximum absolute atomic E-state index is 12.8. The molecule has 0 aromatic carbocycles. The van der Waals surface area contributed by atoms with Crippen molar-refractivity contribution >= 4 is 11.8 Å². The van der Waals surface area contributed by atoms with Gasteiger partial charge in [-0.3, -0.25) is 9.59 Å². The van der Waals surface area contributed by atoms with Gasteiger partial charge in [0.1, 0.15) is 5.75 Å². The Morgan fingerprint density at radius 1 is 1.38 bits per heavy atom. The van der Waals surface area contributed by atoms with Crippen molar-refractivity contribution in [1.82, 2.24) is 14.8 Å². The molecule has 142 valence electrons. The molecule has 2 aliphatic rings. The number of nitrogens with zero attached hydrogens (tertiary/aromatic N) is 3. The standard InChI is InChI=1S/C19H27N3O4/c1-26-12-4-11-21-13-19(8-6-16(21)24)7-3-10-22(14-19)18(25)17-15(23)5-2-9-20-17/h2,5,9,23H,3-4,6-8,10-14H2,1H3/t19-/m0/s1. The van der Waals surface area contributed by atoms with Gasteiger partial charge in [0.05, 0.1) is 0 Å². The lowest BCUT2D eigenvalue weighted by Crippen LogP contribution is -2.55. The number of hydrogen-bond donors (Lipinski definition) is 1. The smallest absolute Gasteiger partial charge is 0.276 e. The number of amides is 2. The number of aromatic hydroxyl groups is 1. The number of likely N-dealkylation sites (tertiary alicyclic amines) is 2. The molecule has 26 heavy (non-hydrogen) atoms. The predicted octanol–water partition coefficient (Wildman–Crippen LogP) is 1.67. The van der Waals surface area contributed by atoms with Crippen LogP contribution in [0.5, 0.6) is 5.75 Å². The molecule has 0 aliphatic carbocycles. The van der Waals surface area contributed by atoms with Gasteiger partial charge in [0.2, 0.25) is 5.91 Å². The second-order valence-corrected chi connectivity index (χ2v) is 7.36. The van der Waals surface area contributed by atoms with E-state index in [-0.39, 0.29) is 28.7 Å². The molecule has 2 fully saturated rings. The molecule has 7 nitrogen and oxygen atoms in total. The summed E-state index contributed by atoms with van der Waals surface area (Å²) in [6, 6.07) is 3.09. The van der Waals surface area contributed by atoms with E-state index in [9.17, 15) is 14.7 Å². The quantitative estimate of drug-likeness (QED) is 0.807. The highest BCUT2D eigenvalue weighted by Gasteiger charge is 2.43. The van der Waals surface area contributed by atoms with Crippen molar-refractivity contribution < 1.29 is 19.4 Å². The van der Waals surface area contributed by atoms with Crippen molar-refractivity contribution in [2.75, 3.05) is 39.9 Å². The average Bonchev–Trinajstić information content (AvgIpc) is 2.65. The number of piperidine rings is 2. The van der Waals surface area contributed by atoms with Gasteiger partial charge in [-0.2, -0.15) is 0 Å². The second-order valence-electron chi connectivity index (χ2n) is 7.36. The molecule has 1 aromatic rings. The number of ether oxygens (including phenoxy) is 1. The van der Waals surface area contributed by atoms with Crippen molar-refractivity contribution in [2.24, 2.45) is 5.41 Å². The lowest BCUT2D eigenvalue weighted by atomic mass is 9.73. The number of carbonyl (C=O) groups is 2. The number of hydrogen-bond acceptors (Lipinski definition) is 5. The third kappa shape index (κ3) is 3.98. The summed E-state index contributed by atoms with van der Waals surface area (Å²) >= 11 is 0. The van der Waals surface area contributed by atoms with Crippen LogP contribution in [-0.2, 0) is 9.53 Å². The first-order chi connectivity index (χ1) is 12.5. The first kappa shape index (κ1) is 18.6. The molecule has 1 atom stereocenters. The minimum atomic E-state index is -0.231. The highest BCUT2D eigenvalue weighted by molar-refractivity contribution is 5.94. The molecule has 2 aliphatic heterocycles. The molecular weight excluding hydrogens is 334 g/mol. The molecule has 2 saturated heterocycles. The Morgan fingerprint density at radius 2 is 2.23 bits per heavy atom. The molecule has 0 radical (unpaired) electrons. The van der Waals surface area contributed by atoms with E-state index < -0.39 is 0 Å². The van der Waals surface area contributed by atoms with Crippen LogP contribution >= 0.6 is 0 Å². The summed E-state index contributed by atoms with van der Waals surface area (Å²) in [5.74, 6) is -0.125. The Bertz CT molecular complexity index is 666. The lowest BCUT2D eigenvalue weighted by Gasteiger charge is -2.48. The van der Waals surface area contributed by atoms with E-state index in [1.165, 1.54) is 12.3 Å². The molecule has 1 spiro atoms. The van der Waals surface area contributed by atoms with Gasteiger partial charge >= 0.3 is 0 Å². The topological polar surface area (TPSA) is 83.0 Å². The summed E-state index contributed by atoms with van der Waals surface area (Å²) in [5.41, 5.74) is 0.0487. The van der Waals surface area contributed by atoms with E-state index in [1.54, 1.807) is 18.1 Å². The Morgan fingerprint density at radius 3 is 3.00 bits per heavy atom. The van der Waals surface area contributed by atoms with Crippen LogP contribution in [0.1, 0.15) is 42.6 Å². The minimum Gasteiger partial charge on any atom is -0.505 e. The Kier molecular flexibility index (Phi) is 5.76. The Balaban J connectivity index is 1.69. The molecule has 3 rings (SSSR count). The average molecular weight is 361 g/mol. The third-order valence-corrected chi connectivity index (χ3v) is 5.46. The van der Waals surface area contributed by atoms with E-state index in [0.29, 0.717) is 39.2 Å². The van der Waals surface area contributed by atoms with Gasteiger partial charge in [-0.05, 0) is 37.8 Å². The van der Waals surface area contributed by atoms with Gasteiger partial charge in [0.15, 0.2) is 5.69 Å². The summed E-state index contributed by atoms with van der Waals surface area (Å²) < 4.78 is 5.09. The zero-order valence-electron chi connectivity index (χ0n) is 15.3. The third-order valence-electron chi connectivity index (χ3n) is 5.46. The molecule has 3 heterocycles. The van der Waals surface area contributed by atoms with Gasteiger partial charge in [-0.25, -0.2) is 4.98 Å². The number of carbonyl (C=O) groups excluding carboxylic acids is 2. The summed E-state index contributed by atoms with van der Waals surface area (Å²) in [6.07, 6.45) is 5.60. The van der Waals surface area contributed by atoms with Gasteiger partial charge in [-0.1, -0.05) is 0 Å².